The topological polar surface area (TPSA) is 151 Å². The van der Waals surface area contributed by atoms with Crippen LogP contribution in [0.2, 0.25) is 0 Å². The highest BCUT2D eigenvalue weighted by Crippen LogP contribution is 2.59. The number of anilines is 4. The van der Waals surface area contributed by atoms with Gasteiger partial charge in [-0.25, -0.2) is 0 Å². The molecule has 4 aliphatic rings. The zero-order valence-electron chi connectivity index (χ0n) is 34.2. The van der Waals surface area contributed by atoms with Crippen LogP contribution in [0.3, 0.4) is 0 Å². The van der Waals surface area contributed by atoms with Gasteiger partial charge in [0.1, 0.15) is 5.75 Å². The summed E-state index contributed by atoms with van der Waals surface area (Å²) in [4.78, 5) is 64.2. The minimum Gasteiger partial charge on any atom is -0.508 e. The maximum atomic E-state index is 14.6. The summed E-state index contributed by atoms with van der Waals surface area (Å²) in [6, 6.07) is 35.8. The van der Waals surface area contributed by atoms with E-state index < -0.39 is 35.5 Å². The van der Waals surface area contributed by atoms with Crippen LogP contribution in [0, 0.1) is 29.6 Å². The first kappa shape index (κ1) is 39.2. The van der Waals surface area contributed by atoms with Gasteiger partial charge in [-0.3, -0.25) is 29.0 Å². The van der Waals surface area contributed by atoms with E-state index in [1.54, 1.807) is 72.8 Å². The zero-order chi connectivity index (χ0) is 42.5. The fourth-order valence-corrected chi connectivity index (χ4v) is 9.40. The summed E-state index contributed by atoms with van der Waals surface area (Å²) in [6.07, 6.45) is 2.47. The van der Waals surface area contributed by atoms with Gasteiger partial charge in [0.05, 0.1) is 57.8 Å². The van der Waals surface area contributed by atoms with Crippen LogP contribution in [-0.2, 0) is 19.2 Å². The fraction of sp³-hybridized carbons (Fsp3) is 0.250. The van der Waals surface area contributed by atoms with E-state index in [-0.39, 0.29) is 35.8 Å². The van der Waals surface area contributed by atoms with Crippen molar-refractivity contribution in [2.75, 3.05) is 47.8 Å². The predicted molar refractivity (Wildman–Crippen MR) is 233 cm³/mol. The lowest BCUT2D eigenvalue weighted by Crippen LogP contribution is -2.43. The van der Waals surface area contributed by atoms with Crippen LogP contribution in [0.15, 0.2) is 153 Å². The number of phenolic OH excluding ortho intramolecular Hbond substituents is 1. The van der Waals surface area contributed by atoms with Gasteiger partial charge in [0.2, 0.25) is 23.6 Å². The third kappa shape index (κ3) is 7.05. The Labute approximate surface area is 353 Å². The van der Waals surface area contributed by atoms with Crippen molar-refractivity contribution in [1.29, 1.82) is 0 Å². The number of aromatic hydroxyl groups is 1. The third-order valence-electron chi connectivity index (χ3n) is 12.4. The molecule has 13 heteroatoms. The Morgan fingerprint density at radius 2 is 0.934 bits per heavy atom. The first-order valence-corrected chi connectivity index (χ1v) is 20.3. The molecule has 306 valence electrons. The lowest BCUT2D eigenvalue weighted by Gasteiger charge is -2.44. The van der Waals surface area contributed by atoms with Crippen molar-refractivity contribution in [3.05, 3.63) is 139 Å². The molecule has 9 rings (SSSR count). The Kier molecular flexibility index (Phi) is 10.1. The van der Waals surface area contributed by atoms with Crippen molar-refractivity contribution >= 4 is 69.1 Å². The summed E-state index contributed by atoms with van der Waals surface area (Å²) in [5, 5.41) is 28.6. The van der Waals surface area contributed by atoms with Crippen molar-refractivity contribution in [2.45, 2.75) is 18.8 Å². The predicted octanol–water partition coefficient (Wildman–Crippen LogP) is 9.40. The summed E-state index contributed by atoms with van der Waals surface area (Å²) in [7, 11) is 7.86. The van der Waals surface area contributed by atoms with Gasteiger partial charge in [0.15, 0.2) is 0 Å². The number of hydrogen-bond acceptors (Lipinski definition) is 11. The number of allylic oxidation sites excluding steroid dienone is 2. The molecule has 1 N–H and O–H groups in total. The van der Waals surface area contributed by atoms with Crippen molar-refractivity contribution in [3.63, 3.8) is 0 Å². The van der Waals surface area contributed by atoms with Gasteiger partial charge in [-0.1, -0.05) is 29.8 Å². The molecular formula is C48H44N8O5. The standard InChI is InChI=1S/C48H44N8O5/c1-53(2)32-17-9-28(10-18-32)49-51-30-13-21-34(22-14-30)55-45(58)38-26-25-36-39(43(38)47(55)60)27-40-44(42(36)37-7-5-6-8-41(37)57)48(61)56(46(40)59)35-23-15-31(16-24-35)52-50-29-11-19-33(20-12-29)54(3)4/h5-25,38-40,42-44,57H,26-27H2,1-4H3. The maximum Gasteiger partial charge on any atom is 0.238 e. The molecule has 3 fully saturated rings. The van der Waals surface area contributed by atoms with E-state index in [4.69, 9.17) is 0 Å². The molecule has 5 aromatic rings. The number of benzene rings is 5. The molecule has 2 saturated heterocycles. The Morgan fingerprint density at radius 3 is 1.39 bits per heavy atom. The first-order valence-electron chi connectivity index (χ1n) is 20.3. The van der Waals surface area contributed by atoms with Crippen LogP contribution in [-0.4, -0.2) is 56.9 Å². The lowest BCUT2D eigenvalue weighted by molar-refractivity contribution is -0.126. The second-order valence-electron chi connectivity index (χ2n) is 16.4. The minimum absolute atomic E-state index is 0.00189. The molecule has 13 nitrogen and oxygen atoms in total. The molecule has 0 spiro atoms. The second-order valence-corrected chi connectivity index (χ2v) is 16.4. The molecule has 2 aliphatic heterocycles. The van der Waals surface area contributed by atoms with Crippen LogP contribution >= 0.6 is 0 Å². The number of para-hydroxylation sites is 1. The van der Waals surface area contributed by atoms with Crippen molar-refractivity contribution in [3.8, 4) is 5.75 Å². The number of fused-ring (bicyclic) bond motifs is 4. The summed E-state index contributed by atoms with van der Waals surface area (Å²) >= 11 is 0. The molecule has 2 heterocycles. The van der Waals surface area contributed by atoms with Crippen molar-refractivity contribution in [2.24, 2.45) is 50.0 Å². The number of carbonyl (C=O) groups is 4. The molecule has 6 atom stereocenters. The van der Waals surface area contributed by atoms with Crippen LogP contribution < -0.4 is 19.6 Å². The lowest BCUT2D eigenvalue weighted by atomic mass is 9.57. The van der Waals surface area contributed by atoms with Gasteiger partial charge < -0.3 is 14.9 Å². The molecule has 5 aromatic carbocycles. The number of nitrogens with zero attached hydrogens (tertiary/aromatic N) is 8. The Morgan fingerprint density at radius 1 is 0.508 bits per heavy atom. The highest BCUT2D eigenvalue weighted by atomic mass is 16.3. The fourth-order valence-electron chi connectivity index (χ4n) is 9.40. The monoisotopic (exact) mass is 812 g/mol. The maximum absolute atomic E-state index is 14.6. The van der Waals surface area contributed by atoms with E-state index in [1.807, 2.05) is 92.6 Å². The summed E-state index contributed by atoms with van der Waals surface area (Å²) in [5.74, 6) is -5.58. The van der Waals surface area contributed by atoms with Crippen LogP contribution in [0.25, 0.3) is 0 Å². The number of carbonyl (C=O) groups excluding carboxylic acids is 4. The van der Waals surface area contributed by atoms with Gasteiger partial charge >= 0.3 is 0 Å². The van der Waals surface area contributed by atoms with Gasteiger partial charge in [-0.15, -0.1) is 0 Å². The third-order valence-corrected chi connectivity index (χ3v) is 12.4. The number of rotatable bonds is 9. The molecule has 4 amide bonds. The van der Waals surface area contributed by atoms with Gasteiger partial charge in [-0.05, 0) is 122 Å². The van der Waals surface area contributed by atoms with E-state index in [1.165, 1.54) is 9.80 Å². The number of azo groups is 2. The largest absolute Gasteiger partial charge is 0.508 e. The molecule has 2 aliphatic carbocycles. The van der Waals surface area contributed by atoms with Crippen LogP contribution in [0.1, 0.15) is 24.3 Å². The zero-order valence-corrected chi connectivity index (χ0v) is 34.2. The average molecular weight is 813 g/mol. The average Bonchev–Trinajstić information content (AvgIpc) is 3.68. The van der Waals surface area contributed by atoms with Crippen LogP contribution in [0.5, 0.6) is 5.75 Å². The SMILES string of the molecule is CN(C)c1ccc(N=Nc2ccc(N3C(=O)C4CC=C5C(CC6C(=O)N(c7ccc(N=Nc8ccc(N(C)C)cc8)cc7)C(=O)C6C5c5ccccc5O)C4C3=O)cc2)cc1. The van der Waals surface area contributed by atoms with E-state index in [0.717, 1.165) is 16.9 Å². The smallest absolute Gasteiger partial charge is 0.238 e. The second kappa shape index (κ2) is 15.7. The van der Waals surface area contributed by atoms with Gasteiger partial charge in [-0.2, -0.15) is 20.5 Å². The van der Waals surface area contributed by atoms with Crippen molar-refractivity contribution in [1.82, 2.24) is 0 Å². The molecule has 61 heavy (non-hydrogen) atoms. The van der Waals surface area contributed by atoms with Gasteiger partial charge in [0, 0.05) is 51.0 Å². The quantitative estimate of drug-likeness (QED) is 0.0885. The van der Waals surface area contributed by atoms with E-state index in [2.05, 4.69) is 20.5 Å². The summed E-state index contributed by atoms with van der Waals surface area (Å²) < 4.78 is 0. The molecule has 1 saturated carbocycles. The minimum atomic E-state index is -0.819. The van der Waals surface area contributed by atoms with Gasteiger partial charge in [0.25, 0.3) is 0 Å². The van der Waals surface area contributed by atoms with Crippen molar-refractivity contribution < 1.29 is 24.3 Å². The highest BCUT2D eigenvalue weighted by Gasteiger charge is 2.62. The summed E-state index contributed by atoms with van der Waals surface area (Å²) in [5.41, 5.74) is 6.70. The van der Waals surface area contributed by atoms with E-state index >= 15 is 0 Å². The Hall–Kier alpha value is -7.28. The summed E-state index contributed by atoms with van der Waals surface area (Å²) in [6.45, 7) is 0. The molecule has 0 bridgehead atoms. The number of amides is 4. The normalized spacial score (nSPS) is 23.4. The van der Waals surface area contributed by atoms with E-state index in [9.17, 15) is 24.3 Å². The van der Waals surface area contributed by atoms with E-state index in [0.29, 0.717) is 46.1 Å². The Balaban J connectivity index is 0.976. The molecule has 6 unspecified atom stereocenters. The molecule has 0 radical (unpaired) electrons. The Bertz CT molecular complexity index is 2620. The number of phenols is 1. The molecular weight excluding hydrogens is 769 g/mol. The number of hydrogen-bond donors (Lipinski definition) is 1. The highest BCUT2D eigenvalue weighted by molar-refractivity contribution is 6.24. The van der Waals surface area contributed by atoms with Crippen LogP contribution in [0.4, 0.5) is 45.5 Å². The first-order chi connectivity index (χ1) is 29.5. The number of imide groups is 2. The molecule has 0 aromatic heterocycles.